The average molecular weight is 233 g/mol. The first-order valence-corrected chi connectivity index (χ1v) is 7.10. The molecular formula is C16H27N. The smallest absolute Gasteiger partial charge is 0.00489 e. The Hall–Kier alpha value is -0.820. The van der Waals surface area contributed by atoms with E-state index in [0.29, 0.717) is 5.92 Å². The molecule has 1 unspecified atom stereocenters. The van der Waals surface area contributed by atoms with E-state index in [-0.39, 0.29) is 0 Å². The third-order valence-electron chi connectivity index (χ3n) is 3.29. The van der Waals surface area contributed by atoms with Crippen LogP contribution in [0, 0.1) is 0 Å². The van der Waals surface area contributed by atoms with Crippen molar-refractivity contribution in [1.82, 2.24) is 5.32 Å². The summed E-state index contributed by atoms with van der Waals surface area (Å²) in [6, 6.07) is 10.9. The van der Waals surface area contributed by atoms with Crippen molar-refractivity contribution in [2.24, 2.45) is 0 Å². The van der Waals surface area contributed by atoms with Gasteiger partial charge >= 0.3 is 0 Å². The van der Waals surface area contributed by atoms with E-state index in [1.165, 1.54) is 50.8 Å². The van der Waals surface area contributed by atoms with Crippen LogP contribution in [0.3, 0.4) is 0 Å². The molecule has 0 aliphatic rings. The zero-order valence-corrected chi connectivity index (χ0v) is 11.4. The van der Waals surface area contributed by atoms with E-state index in [1.54, 1.807) is 0 Å². The van der Waals surface area contributed by atoms with Crippen molar-refractivity contribution >= 4 is 0 Å². The van der Waals surface area contributed by atoms with Crippen LogP contribution in [0.4, 0.5) is 0 Å². The molecule has 0 aliphatic carbocycles. The predicted molar refractivity (Wildman–Crippen MR) is 76.5 cm³/mol. The van der Waals surface area contributed by atoms with E-state index in [0.717, 1.165) is 0 Å². The highest BCUT2D eigenvalue weighted by molar-refractivity contribution is 5.18. The highest BCUT2D eigenvalue weighted by Crippen LogP contribution is 2.21. The van der Waals surface area contributed by atoms with Crippen LogP contribution >= 0.6 is 0 Å². The van der Waals surface area contributed by atoms with Gasteiger partial charge in [0.05, 0.1) is 0 Å². The van der Waals surface area contributed by atoms with Gasteiger partial charge in [-0.2, -0.15) is 0 Å². The molecule has 0 amide bonds. The lowest BCUT2D eigenvalue weighted by Gasteiger charge is -2.11. The zero-order valence-electron chi connectivity index (χ0n) is 11.4. The summed E-state index contributed by atoms with van der Waals surface area (Å²) in [4.78, 5) is 0. The summed E-state index contributed by atoms with van der Waals surface area (Å²) in [6.45, 7) is 6.91. The number of hydrogen-bond donors (Lipinski definition) is 1. The normalized spacial score (nSPS) is 12.6. The number of hydrogen-bond acceptors (Lipinski definition) is 1. The van der Waals surface area contributed by atoms with Gasteiger partial charge in [0, 0.05) is 0 Å². The van der Waals surface area contributed by atoms with Crippen LogP contribution in [0.15, 0.2) is 30.3 Å². The third-order valence-corrected chi connectivity index (χ3v) is 3.29. The summed E-state index contributed by atoms with van der Waals surface area (Å²) in [6.07, 6.45) is 6.59. The van der Waals surface area contributed by atoms with Gasteiger partial charge in [0.2, 0.25) is 0 Å². The topological polar surface area (TPSA) is 12.0 Å². The number of benzene rings is 1. The third kappa shape index (κ3) is 6.48. The fraction of sp³-hybridized carbons (Fsp3) is 0.625. The molecule has 0 fully saturated rings. The standard InChI is InChI=1S/C16H27N/c1-3-13-17-14-9-5-6-10-15(2)16-11-7-4-8-12-16/h4,7-8,11-12,15,17H,3,5-6,9-10,13-14H2,1-2H3. The molecule has 1 heteroatoms. The van der Waals surface area contributed by atoms with Gasteiger partial charge in [0.15, 0.2) is 0 Å². The van der Waals surface area contributed by atoms with Crippen LogP contribution in [-0.4, -0.2) is 13.1 Å². The van der Waals surface area contributed by atoms with Gasteiger partial charge in [-0.15, -0.1) is 0 Å². The summed E-state index contributed by atoms with van der Waals surface area (Å²) in [5.41, 5.74) is 1.48. The Morgan fingerprint density at radius 3 is 2.47 bits per heavy atom. The van der Waals surface area contributed by atoms with Gasteiger partial charge < -0.3 is 5.32 Å². The lowest BCUT2D eigenvalue weighted by atomic mass is 9.95. The summed E-state index contributed by atoms with van der Waals surface area (Å²) >= 11 is 0. The second-order valence-corrected chi connectivity index (χ2v) is 4.91. The Labute approximate surface area is 107 Å². The van der Waals surface area contributed by atoms with Crippen LogP contribution in [0.2, 0.25) is 0 Å². The molecular weight excluding hydrogens is 206 g/mol. The SMILES string of the molecule is CCCNCCCCCC(C)c1ccccc1. The highest BCUT2D eigenvalue weighted by atomic mass is 14.8. The molecule has 1 N–H and O–H groups in total. The van der Waals surface area contributed by atoms with Crippen molar-refractivity contribution in [2.45, 2.75) is 51.9 Å². The molecule has 17 heavy (non-hydrogen) atoms. The van der Waals surface area contributed by atoms with Crippen molar-refractivity contribution in [3.63, 3.8) is 0 Å². The molecule has 0 spiro atoms. The van der Waals surface area contributed by atoms with Crippen LogP contribution < -0.4 is 5.32 Å². The summed E-state index contributed by atoms with van der Waals surface area (Å²) in [5, 5.41) is 3.45. The zero-order chi connectivity index (χ0) is 12.3. The van der Waals surface area contributed by atoms with E-state index in [9.17, 15) is 0 Å². The number of nitrogens with one attached hydrogen (secondary N) is 1. The van der Waals surface area contributed by atoms with Gasteiger partial charge in [-0.3, -0.25) is 0 Å². The summed E-state index contributed by atoms with van der Waals surface area (Å²) < 4.78 is 0. The lowest BCUT2D eigenvalue weighted by molar-refractivity contribution is 0.557. The molecule has 1 aromatic carbocycles. The number of unbranched alkanes of at least 4 members (excludes halogenated alkanes) is 2. The fourth-order valence-electron chi connectivity index (χ4n) is 2.13. The Morgan fingerprint density at radius 1 is 1.00 bits per heavy atom. The van der Waals surface area contributed by atoms with Crippen molar-refractivity contribution in [3.8, 4) is 0 Å². The van der Waals surface area contributed by atoms with Gasteiger partial charge in [-0.05, 0) is 43.8 Å². The van der Waals surface area contributed by atoms with Gasteiger partial charge in [0.1, 0.15) is 0 Å². The van der Waals surface area contributed by atoms with Crippen molar-refractivity contribution in [2.75, 3.05) is 13.1 Å². The van der Waals surface area contributed by atoms with E-state index >= 15 is 0 Å². The first kappa shape index (κ1) is 14.2. The monoisotopic (exact) mass is 233 g/mol. The summed E-state index contributed by atoms with van der Waals surface area (Å²) in [5.74, 6) is 0.708. The van der Waals surface area contributed by atoms with Gasteiger partial charge in [0.25, 0.3) is 0 Å². The molecule has 0 radical (unpaired) electrons. The maximum absolute atomic E-state index is 3.45. The molecule has 1 atom stereocenters. The molecule has 1 aromatic rings. The second-order valence-electron chi connectivity index (χ2n) is 4.91. The van der Waals surface area contributed by atoms with E-state index < -0.39 is 0 Å². The number of rotatable bonds is 9. The van der Waals surface area contributed by atoms with E-state index in [1.807, 2.05) is 0 Å². The minimum Gasteiger partial charge on any atom is -0.317 e. The van der Waals surface area contributed by atoms with Crippen molar-refractivity contribution in [1.29, 1.82) is 0 Å². The minimum atomic E-state index is 0.708. The average Bonchev–Trinajstić information content (AvgIpc) is 2.38. The summed E-state index contributed by atoms with van der Waals surface area (Å²) in [7, 11) is 0. The Kier molecular flexibility index (Phi) is 7.74. The molecule has 0 heterocycles. The minimum absolute atomic E-state index is 0.708. The van der Waals surface area contributed by atoms with Gasteiger partial charge in [-0.1, -0.05) is 57.0 Å². The lowest BCUT2D eigenvalue weighted by Crippen LogP contribution is -2.15. The quantitative estimate of drug-likeness (QED) is 0.625. The van der Waals surface area contributed by atoms with Crippen LogP contribution in [0.5, 0.6) is 0 Å². The van der Waals surface area contributed by atoms with Crippen LogP contribution in [0.25, 0.3) is 0 Å². The van der Waals surface area contributed by atoms with E-state index in [4.69, 9.17) is 0 Å². The highest BCUT2D eigenvalue weighted by Gasteiger charge is 2.03. The van der Waals surface area contributed by atoms with E-state index in [2.05, 4.69) is 49.5 Å². The second kappa shape index (κ2) is 9.23. The fourth-order valence-corrected chi connectivity index (χ4v) is 2.13. The maximum Gasteiger partial charge on any atom is -0.00489 e. The molecule has 0 aliphatic heterocycles. The first-order valence-electron chi connectivity index (χ1n) is 7.10. The predicted octanol–water partition coefficient (Wildman–Crippen LogP) is 4.35. The largest absolute Gasteiger partial charge is 0.317 e. The molecule has 0 saturated heterocycles. The van der Waals surface area contributed by atoms with Crippen molar-refractivity contribution in [3.05, 3.63) is 35.9 Å². The Bertz CT molecular complexity index is 268. The van der Waals surface area contributed by atoms with Crippen molar-refractivity contribution < 1.29 is 0 Å². The first-order chi connectivity index (χ1) is 8.34. The molecule has 0 bridgehead atoms. The Morgan fingerprint density at radius 2 is 1.76 bits per heavy atom. The molecule has 1 rings (SSSR count). The van der Waals surface area contributed by atoms with Gasteiger partial charge in [-0.25, -0.2) is 0 Å². The molecule has 96 valence electrons. The Balaban J connectivity index is 2.03. The molecule has 1 nitrogen and oxygen atoms in total. The van der Waals surface area contributed by atoms with Crippen LogP contribution in [-0.2, 0) is 0 Å². The molecule has 0 aromatic heterocycles. The van der Waals surface area contributed by atoms with Crippen LogP contribution in [0.1, 0.15) is 57.4 Å². The molecule has 0 saturated carbocycles. The maximum atomic E-state index is 3.45.